The average Bonchev–Trinajstić information content (AvgIpc) is 0. The van der Waals surface area contributed by atoms with Crippen molar-refractivity contribution < 1.29 is 39.1 Å². The van der Waals surface area contributed by atoms with E-state index >= 15 is 0 Å². The van der Waals surface area contributed by atoms with Crippen LogP contribution in [0.3, 0.4) is 0 Å². The maximum absolute atomic E-state index is 0. The second-order valence-electron chi connectivity index (χ2n) is 0. The van der Waals surface area contributed by atoms with E-state index in [9.17, 15) is 0 Å². The van der Waals surface area contributed by atoms with Crippen LogP contribution in [0.25, 0.3) is 0 Å². The first-order valence-corrected chi connectivity index (χ1v) is 0. The molecule has 0 atom stereocenters. The third-order valence-electron chi connectivity index (χ3n) is 0. The van der Waals surface area contributed by atoms with Gasteiger partial charge in [0.25, 0.3) is 0 Å². The first kappa shape index (κ1) is 52.4. The Morgan fingerprint density at radius 1 is 1.00 bits per heavy atom. The van der Waals surface area contributed by atoms with Crippen molar-refractivity contribution >= 4 is 11.0 Å². The van der Waals surface area contributed by atoms with Gasteiger partial charge in [-0.05, 0) is 0 Å². The molecule has 22 valence electrons. The van der Waals surface area contributed by atoms with Gasteiger partial charge < -0.3 is 6.15 Å². The van der Waals surface area contributed by atoms with Crippen LogP contribution in [0.15, 0.2) is 0 Å². The zero-order valence-corrected chi connectivity index (χ0v) is 5.95. The van der Waals surface area contributed by atoms with Gasteiger partial charge in [-0.1, -0.05) is 0 Å². The molecular formula is H3CrNSiTi. The standard InChI is InChI=1S/Cr.H3N.Si.Ti/h;1H3;;. The van der Waals surface area contributed by atoms with Crippen LogP contribution in [-0.4, -0.2) is 11.0 Å². The Morgan fingerprint density at radius 3 is 1.00 bits per heavy atom. The van der Waals surface area contributed by atoms with E-state index in [1.165, 1.54) is 0 Å². The molecule has 0 spiro atoms. The van der Waals surface area contributed by atoms with Crippen LogP contribution in [0.5, 0.6) is 0 Å². The molecule has 0 saturated carbocycles. The Morgan fingerprint density at radius 2 is 1.00 bits per heavy atom. The van der Waals surface area contributed by atoms with Gasteiger partial charge in [0.2, 0.25) is 0 Å². The predicted octanol–water partition coefficient (Wildman–Crippen LogP) is -0.224. The summed E-state index contributed by atoms with van der Waals surface area (Å²) in [6, 6.07) is 0. The summed E-state index contributed by atoms with van der Waals surface area (Å²) >= 11 is 0. The summed E-state index contributed by atoms with van der Waals surface area (Å²) in [5.41, 5.74) is 0. The second kappa shape index (κ2) is 25.6. The minimum Gasteiger partial charge on any atom is -0.344 e. The molecule has 0 aromatic heterocycles. The van der Waals surface area contributed by atoms with E-state index in [4.69, 9.17) is 0 Å². The van der Waals surface area contributed by atoms with E-state index in [2.05, 4.69) is 0 Å². The van der Waals surface area contributed by atoms with E-state index in [1.54, 1.807) is 0 Å². The van der Waals surface area contributed by atoms with Gasteiger partial charge >= 0.3 is 0 Å². The number of hydrogen-bond donors (Lipinski definition) is 1. The maximum atomic E-state index is 0. The Hall–Kier alpha value is 1.42. The zero-order valence-electron chi connectivity index (χ0n) is 2.12. The van der Waals surface area contributed by atoms with Gasteiger partial charge in [-0.3, -0.25) is 0 Å². The summed E-state index contributed by atoms with van der Waals surface area (Å²) in [5.74, 6) is 0. The molecule has 3 N–H and O–H groups in total. The molecule has 4 heavy (non-hydrogen) atoms. The zero-order chi connectivity index (χ0) is 0. The molecule has 1 nitrogen and oxygen atoms in total. The van der Waals surface area contributed by atoms with Crippen molar-refractivity contribution in [2.24, 2.45) is 0 Å². The van der Waals surface area contributed by atoms with Crippen LogP contribution in [0.1, 0.15) is 0 Å². The monoisotopic (exact) mass is 145 g/mol. The summed E-state index contributed by atoms with van der Waals surface area (Å²) < 4.78 is 0. The Balaban J connectivity index is 0. The van der Waals surface area contributed by atoms with Crippen molar-refractivity contribution in [3.05, 3.63) is 0 Å². The summed E-state index contributed by atoms with van der Waals surface area (Å²) in [4.78, 5) is 0. The molecule has 0 aliphatic rings. The number of rotatable bonds is 0. The molecule has 0 unspecified atom stereocenters. The largest absolute Gasteiger partial charge is 0.344 e. The SMILES string of the molecule is N.[Cr].[Si].[Ti]. The Bertz CT molecular complexity index is 8.00. The van der Waals surface area contributed by atoms with E-state index < -0.39 is 0 Å². The molecule has 0 amide bonds. The molecule has 0 aromatic rings. The van der Waals surface area contributed by atoms with Crippen molar-refractivity contribution in [2.45, 2.75) is 0 Å². The molecule has 0 aliphatic heterocycles. The summed E-state index contributed by atoms with van der Waals surface area (Å²) in [6.45, 7) is 0. The molecule has 0 aliphatic carbocycles. The third-order valence-corrected chi connectivity index (χ3v) is 0. The van der Waals surface area contributed by atoms with Crippen LogP contribution in [0.2, 0.25) is 0 Å². The number of hydrogen-bond acceptors (Lipinski definition) is 1. The van der Waals surface area contributed by atoms with Crippen LogP contribution < -0.4 is 6.15 Å². The fourth-order valence-electron chi connectivity index (χ4n) is 0. The third kappa shape index (κ3) is 9.92. The van der Waals surface area contributed by atoms with Gasteiger partial charge in [-0.15, -0.1) is 0 Å². The molecular weight excluding hydrogens is 142 g/mol. The van der Waals surface area contributed by atoms with Gasteiger partial charge in [0.05, 0.1) is 0 Å². The predicted molar refractivity (Wildman–Crippen MR) is 10.8 cm³/mol. The van der Waals surface area contributed by atoms with Gasteiger partial charge in [0.15, 0.2) is 0 Å². The normalized spacial score (nSPS) is 0. The summed E-state index contributed by atoms with van der Waals surface area (Å²) in [5, 5.41) is 0. The molecule has 0 aromatic carbocycles. The maximum Gasteiger partial charge on any atom is 0 e. The smallest absolute Gasteiger partial charge is 0 e. The van der Waals surface area contributed by atoms with Crippen molar-refractivity contribution in [1.29, 1.82) is 0 Å². The van der Waals surface area contributed by atoms with Crippen LogP contribution in [0.4, 0.5) is 0 Å². The minimum atomic E-state index is 0. The topological polar surface area (TPSA) is 35.0 Å². The first-order valence-electron chi connectivity index (χ1n) is 0. The van der Waals surface area contributed by atoms with E-state index in [-0.39, 0.29) is 56.2 Å². The minimum absolute atomic E-state index is 0. The Labute approximate surface area is 56.2 Å². The first-order chi connectivity index (χ1) is 0. The van der Waals surface area contributed by atoms with Crippen molar-refractivity contribution in [2.75, 3.05) is 0 Å². The molecule has 4 radical (unpaired) electrons. The van der Waals surface area contributed by atoms with E-state index in [1.807, 2.05) is 0 Å². The molecule has 0 fully saturated rings. The van der Waals surface area contributed by atoms with E-state index in [0.29, 0.717) is 0 Å². The Kier molecular flexibility index (Phi) is 335. The quantitative estimate of drug-likeness (QED) is 0.469. The van der Waals surface area contributed by atoms with Crippen LogP contribution in [-0.2, 0) is 39.1 Å². The van der Waals surface area contributed by atoms with Crippen molar-refractivity contribution in [3.8, 4) is 0 Å². The fourth-order valence-corrected chi connectivity index (χ4v) is 0. The summed E-state index contributed by atoms with van der Waals surface area (Å²) in [7, 11) is 0. The van der Waals surface area contributed by atoms with Crippen LogP contribution in [0, 0.1) is 0 Å². The summed E-state index contributed by atoms with van der Waals surface area (Å²) in [6.07, 6.45) is 0. The second-order valence-corrected chi connectivity index (χ2v) is 0. The van der Waals surface area contributed by atoms with Gasteiger partial charge in [0.1, 0.15) is 0 Å². The molecule has 0 heterocycles. The van der Waals surface area contributed by atoms with Crippen molar-refractivity contribution in [3.63, 3.8) is 0 Å². The van der Waals surface area contributed by atoms with Gasteiger partial charge in [-0.25, -0.2) is 0 Å². The van der Waals surface area contributed by atoms with Crippen LogP contribution >= 0.6 is 0 Å². The molecule has 0 saturated heterocycles. The van der Waals surface area contributed by atoms with E-state index in [0.717, 1.165) is 0 Å². The molecule has 0 rings (SSSR count). The van der Waals surface area contributed by atoms with Gasteiger partial charge in [-0.2, -0.15) is 0 Å². The molecule has 4 heteroatoms. The van der Waals surface area contributed by atoms with Gasteiger partial charge in [0, 0.05) is 50.0 Å². The molecule has 0 bridgehead atoms. The average molecular weight is 145 g/mol. The van der Waals surface area contributed by atoms with Crippen molar-refractivity contribution in [1.82, 2.24) is 6.15 Å². The fraction of sp³-hybridized carbons (Fsp3) is 0.